The van der Waals surface area contributed by atoms with Gasteiger partial charge >= 0.3 is 12.2 Å². The van der Waals surface area contributed by atoms with Crippen LogP contribution in [0, 0.1) is 0 Å². The minimum atomic E-state index is -4.59. The Hall–Kier alpha value is -2.54. The third-order valence-electron chi connectivity index (χ3n) is 4.43. The molecule has 0 aromatic carbocycles. The highest BCUT2D eigenvalue weighted by atomic mass is 35.5. The number of aryl methyl sites for hydroxylation is 1. The smallest absolute Gasteiger partial charge is 0.417 e. The van der Waals surface area contributed by atoms with Crippen LogP contribution in [0.15, 0.2) is 18.3 Å². The molecule has 0 unspecified atom stereocenters. The van der Waals surface area contributed by atoms with Gasteiger partial charge in [0, 0.05) is 30.9 Å². The molecule has 2 heterocycles. The number of carbonyl (C=O) groups is 1. The quantitative estimate of drug-likeness (QED) is 0.432. The van der Waals surface area contributed by atoms with E-state index in [0.717, 1.165) is 12.5 Å². The second-order valence-corrected chi connectivity index (χ2v) is 9.98. The molecule has 0 saturated carbocycles. The fourth-order valence-corrected chi connectivity index (χ4v) is 3.95. The number of halogens is 4. The van der Waals surface area contributed by atoms with Crippen LogP contribution in [0.3, 0.4) is 0 Å². The van der Waals surface area contributed by atoms with E-state index >= 15 is 0 Å². The van der Waals surface area contributed by atoms with Crippen molar-refractivity contribution in [1.29, 1.82) is 0 Å². The van der Waals surface area contributed by atoms with Crippen molar-refractivity contribution < 1.29 is 31.1 Å². The fraction of sp³-hybridized carbons (Fsp3) is 0.550. The van der Waals surface area contributed by atoms with Gasteiger partial charge in [0.05, 0.1) is 34.7 Å². The van der Waals surface area contributed by atoms with E-state index in [1.54, 1.807) is 13.8 Å². The molecule has 0 aliphatic carbocycles. The molecule has 14 heteroatoms. The van der Waals surface area contributed by atoms with Gasteiger partial charge in [0.2, 0.25) is 15.9 Å². The van der Waals surface area contributed by atoms with Gasteiger partial charge in [0.1, 0.15) is 0 Å². The molecule has 190 valence electrons. The number of hydrogen-bond donors (Lipinski definition) is 2. The number of rotatable bonds is 11. The van der Waals surface area contributed by atoms with Gasteiger partial charge in [-0.15, -0.1) is 5.10 Å². The number of pyridine rings is 1. The van der Waals surface area contributed by atoms with Crippen molar-refractivity contribution in [2.75, 3.05) is 12.3 Å². The highest BCUT2D eigenvalue weighted by molar-refractivity contribution is 7.90. The molecule has 2 amide bonds. The van der Waals surface area contributed by atoms with Crippen LogP contribution >= 0.6 is 11.6 Å². The maximum absolute atomic E-state index is 12.9. The average Bonchev–Trinajstić information content (AvgIpc) is 3.07. The summed E-state index contributed by atoms with van der Waals surface area (Å²) in [4.78, 5) is 15.6. The number of unbranched alkanes of at least 4 members (excludes halogenated alkanes) is 1. The molecule has 0 bridgehead atoms. The van der Waals surface area contributed by atoms with Crippen molar-refractivity contribution in [2.24, 2.45) is 0 Å². The highest BCUT2D eigenvalue weighted by Gasteiger charge is 2.31. The van der Waals surface area contributed by atoms with Gasteiger partial charge in [-0.2, -0.15) is 13.2 Å². The first kappa shape index (κ1) is 27.7. The van der Waals surface area contributed by atoms with Crippen LogP contribution in [0.4, 0.5) is 18.0 Å². The van der Waals surface area contributed by atoms with Crippen LogP contribution in [0.2, 0.25) is 5.02 Å². The van der Waals surface area contributed by atoms with Crippen molar-refractivity contribution in [2.45, 2.75) is 58.9 Å². The van der Waals surface area contributed by atoms with Gasteiger partial charge in [0.25, 0.3) is 0 Å². The normalized spacial score (nSPS) is 12.1. The minimum absolute atomic E-state index is 0.0513. The van der Waals surface area contributed by atoms with Crippen molar-refractivity contribution in [1.82, 2.24) is 24.8 Å². The van der Waals surface area contributed by atoms with Crippen molar-refractivity contribution in [3.8, 4) is 5.88 Å². The van der Waals surface area contributed by atoms with Crippen molar-refractivity contribution >= 4 is 27.7 Å². The monoisotopic (exact) mass is 525 g/mol. The molecule has 9 nitrogen and oxygen atoms in total. The number of nitrogens with one attached hydrogen (secondary N) is 2. The molecule has 0 radical (unpaired) electrons. The Morgan fingerprint density at radius 3 is 2.59 bits per heavy atom. The van der Waals surface area contributed by atoms with Gasteiger partial charge < -0.3 is 10.1 Å². The Kier molecular flexibility index (Phi) is 9.56. The van der Waals surface area contributed by atoms with Gasteiger partial charge in [0.15, 0.2) is 0 Å². The van der Waals surface area contributed by atoms with Gasteiger partial charge in [-0.1, -0.05) is 24.9 Å². The van der Waals surface area contributed by atoms with Crippen molar-refractivity contribution in [3.05, 3.63) is 40.3 Å². The first-order valence-electron chi connectivity index (χ1n) is 10.5. The highest BCUT2D eigenvalue weighted by Crippen LogP contribution is 2.31. The predicted octanol–water partition coefficient (Wildman–Crippen LogP) is 3.76. The Morgan fingerprint density at radius 2 is 2.00 bits per heavy atom. The molecule has 0 aliphatic heterocycles. The molecule has 0 spiro atoms. The molecule has 2 N–H and O–H groups in total. The zero-order valence-corrected chi connectivity index (χ0v) is 20.5. The van der Waals surface area contributed by atoms with E-state index in [9.17, 15) is 26.4 Å². The van der Waals surface area contributed by atoms with E-state index in [1.807, 2.05) is 11.6 Å². The summed E-state index contributed by atoms with van der Waals surface area (Å²) in [6.07, 6.45) is -2.64. The van der Waals surface area contributed by atoms with Gasteiger partial charge in [-0.05, 0) is 26.3 Å². The molecule has 2 rings (SSSR count). The lowest BCUT2D eigenvalue weighted by Gasteiger charge is -2.11. The second kappa shape index (κ2) is 11.7. The molecular formula is C20H27ClF3N5O4S. The summed E-state index contributed by atoms with van der Waals surface area (Å²) in [7, 11) is -3.96. The molecule has 2 aromatic heterocycles. The van der Waals surface area contributed by atoms with Gasteiger partial charge in [-0.25, -0.2) is 17.9 Å². The molecular weight excluding hydrogens is 499 g/mol. The van der Waals surface area contributed by atoms with Crippen LogP contribution in [0.1, 0.15) is 50.6 Å². The first-order chi connectivity index (χ1) is 15.8. The predicted molar refractivity (Wildman–Crippen MR) is 120 cm³/mol. The number of aromatic nitrogens is 3. The van der Waals surface area contributed by atoms with E-state index in [1.165, 1.54) is 10.7 Å². The number of sulfonamides is 1. The van der Waals surface area contributed by atoms with Crippen LogP contribution < -0.4 is 14.8 Å². The third-order valence-corrected chi connectivity index (χ3v) is 6.00. The first-order valence-corrected chi connectivity index (χ1v) is 12.6. The fourth-order valence-electron chi connectivity index (χ4n) is 2.79. The Bertz CT molecular complexity index is 1090. The minimum Gasteiger partial charge on any atom is -0.474 e. The molecule has 0 saturated heterocycles. The lowest BCUT2D eigenvalue weighted by atomic mass is 10.2. The summed E-state index contributed by atoms with van der Waals surface area (Å²) >= 11 is 6.00. The number of alkyl halides is 3. The maximum Gasteiger partial charge on any atom is 0.417 e. The largest absolute Gasteiger partial charge is 0.474 e. The van der Waals surface area contributed by atoms with E-state index in [-0.39, 0.29) is 35.7 Å². The Morgan fingerprint density at radius 1 is 1.29 bits per heavy atom. The average molecular weight is 526 g/mol. The molecule has 0 fully saturated rings. The summed E-state index contributed by atoms with van der Waals surface area (Å²) in [5, 5.41) is 6.50. The summed E-state index contributed by atoms with van der Waals surface area (Å²) < 4.78 is 72.1. The number of urea groups is 1. The topological polar surface area (TPSA) is 115 Å². The van der Waals surface area contributed by atoms with Crippen LogP contribution in [-0.4, -0.2) is 47.6 Å². The number of ether oxygens (including phenoxy) is 1. The Balaban J connectivity index is 2.18. The van der Waals surface area contributed by atoms with Gasteiger partial charge in [-0.3, -0.25) is 9.67 Å². The number of nitrogens with zero attached hydrogens (tertiary/aromatic N) is 3. The number of carbonyl (C=O) groups excluding carboxylic acids is 1. The summed E-state index contributed by atoms with van der Waals surface area (Å²) in [5.74, 6) is -0.231. The van der Waals surface area contributed by atoms with E-state index in [0.29, 0.717) is 24.9 Å². The number of amides is 2. The zero-order chi connectivity index (χ0) is 25.5. The van der Waals surface area contributed by atoms with Crippen molar-refractivity contribution in [3.63, 3.8) is 0 Å². The third kappa shape index (κ3) is 8.67. The summed E-state index contributed by atoms with van der Waals surface area (Å²) in [6, 6.07) is 1.48. The molecule has 0 atom stereocenters. The Labute approximate surface area is 201 Å². The van der Waals surface area contributed by atoms with E-state index < -0.39 is 33.5 Å². The molecule has 0 aliphatic rings. The van der Waals surface area contributed by atoms with Crippen LogP contribution in [0.25, 0.3) is 0 Å². The summed E-state index contributed by atoms with van der Waals surface area (Å²) in [5.41, 5.74) is -0.461. The number of hydrogen-bond acceptors (Lipinski definition) is 6. The standard InChI is InChI=1S/C20H27ClF3N5O4S/c1-4-5-7-25-19(30)28-34(31,32)8-6-15-10-18(33-13(2)3)27-29(15)12-17-16(21)9-14(11-26-17)20(22,23)24/h9-11,13H,4-8,12H2,1-3H3,(H2,25,28,30). The molecule has 2 aromatic rings. The lowest BCUT2D eigenvalue weighted by Crippen LogP contribution is -2.41. The van der Waals surface area contributed by atoms with E-state index in [2.05, 4.69) is 15.4 Å². The molecule has 34 heavy (non-hydrogen) atoms. The van der Waals surface area contributed by atoms with Crippen LogP contribution in [-0.2, 0) is 29.2 Å². The van der Waals surface area contributed by atoms with E-state index in [4.69, 9.17) is 16.3 Å². The SMILES string of the molecule is CCCCNC(=O)NS(=O)(=O)CCc1cc(OC(C)C)nn1Cc1ncc(C(F)(F)F)cc1Cl. The second-order valence-electron chi connectivity index (χ2n) is 7.73. The summed E-state index contributed by atoms with van der Waals surface area (Å²) in [6.45, 7) is 5.72. The maximum atomic E-state index is 12.9. The zero-order valence-electron chi connectivity index (χ0n) is 18.9. The lowest BCUT2D eigenvalue weighted by molar-refractivity contribution is -0.137. The van der Waals surface area contributed by atoms with Crippen LogP contribution in [0.5, 0.6) is 5.88 Å².